The predicted octanol–water partition coefficient (Wildman–Crippen LogP) is -0.361. The van der Waals surface area contributed by atoms with Crippen molar-refractivity contribution in [3.8, 4) is 0 Å². The molecule has 0 atom stereocenters. The molecule has 1 aromatic rings. The van der Waals surface area contributed by atoms with Gasteiger partial charge in [0.25, 0.3) is 0 Å². The first-order chi connectivity index (χ1) is 7.85. The second kappa shape index (κ2) is 5.24. The van der Waals surface area contributed by atoms with Crippen LogP contribution in [0.4, 0.5) is 0 Å². The topological polar surface area (TPSA) is 114 Å². The van der Waals surface area contributed by atoms with E-state index in [2.05, 4.69) is 10.3 Å². The highest BCUT2D eigenvalue weighted by Crippen LogP contribution is 2.12. The number of aromatic nitrogens is 3. The summed E-state index contributed by atoms with van der Waals surface area (Å²) < 4.78 is 1.49. The van der Waals surface area contributed by atoms with Crippen LogP contribution in [-0.4, -0.2) is 43.3 Å². The van der Waals surface area contributed by atoms with Crippen molar-refractivity contribution in [1.82, 2.24) is 15.0 Å². The number of carboxylic acid groups (broad SMARTS) is 1. The number of rotatable bonds is 6. The maximum Gasteiger partial charge on any atom is 0.358 e. The van der Waals surface area contributed by atoms with E-state index in [1.165, 1.54) is 4.68 Å². The number of aliphatic hydroxyl groups is 1. The Kier molecular flexibility index (Phi) is 4.19. The third-order valence-electron chi connectivity index (χ3n) is 2.36. The fourth-order valence-electron chi connectivity index (χ4n) is 1.44. The number of carbonyl (C=O) groups is 1. The molecule has 0 aromatic carbocycles. The third-order valence-corrected chi connectivity index (χ3v) is 2.36. The summed E-state index contributed by atoms with van der Waals surface area (Å²) in [5, 5.41) is 25.9. The zero-order valence-electron chi connectivity index (χ0n) is 10.1. The minimum atomic E-state index is -1.11. The van der Waals surface area contributed by atoms with Gasteiger partial charge in [-0.3, -0.25) is 0 Å². The van der Waals surface area contributed by atoms with Crippen molar-refractivity contribution in [1.29, 1.82) is 0 Å². The van der Waals surface area contributed by atoms with E-state index in [4.69, 9.17) is 10.8 Å². The van der Waals surface area contributed by atoms with E-state index in [1.807, 2.05) is 0 Å². The molecule has 0 saturated carbocycles. The number of nitrogens with two attached hydrogens (primary N) is 1. The summed E-state index contributed by atoms with van der Waals surface area (Å²) in [4.78, 5) is 10.9. The molecule has 1 rings (SSSR count). The smallest absolute Gasteiger partial charge is 0.358 e. The molecule has 0 aliphatic carbocycles. The summed E-state index contributed by atoms with van der Waals surface area (Å²) in [6, 6.07) is 0. The normalized spacial score (nSPS) is 11.8. The molecule has 7 nitrogen and oxygen atoms in total. The van der Waals surface area contributed by atoms with Crippen molar-refractivity contribution in [2.45, 2.75) is 38.8 Å². The zero-order valence-corrected chi connectivity index (χ0v) is 10.1. The van der Waals surface area contributed by atoms with E-state index in [-0.39, 0.29) is 5.69 Å². The second-order valence-corrected chi connectivity index (χ2v) is 4.51. The molecule has 0 fully saturated rings. The summed E-state index contributed by atoms with van der Waals surface area (Å²) in [5.41, 5.74) is 5.04. The molecule has 0 spiro atoms. The van der Waals surface area contributed by atoms with Crippen molar-refractivity contribution in [3.63, 3.8) is 0 Å². The average Bonchev–Trinajstić information content (AvgIpc) is 2.58. The van der Waals surface area contributed by atoms with Crippen LogP contribution < -0.4 is 5.73 Å². The van der Waals surface area contributed by atoms with E-state index in [9.17, 15) is 9.90 Å². The summed E-state index contributed by atoms with van der Waals surface area (Å²) in [6.45, 7) is 4.12. The van der Waals surface area contributed by atoms with E-state index < -0.39 is 11.6 Å². The molecule has 7 heteroatoms. The molecule has 4 N–H and O–H groups in total. The van der Waals surface area contributed by atoms with Gasteiger partial charge in [-0.25, -0.2) is 9.48 Å². The minimum Gasteiger partial charge on any atom is -0.476 e. The molecule has 1 aromatic heterocycles. The van der Waals surface area contributed by atoms with E-state index >= 15 is 0 Å². The number of aryl methyl sites for hydroxylation is 1. The first-order valence-electron chi connectivity index (χ1n) is 5.43. The van der Waals surface area contributed by atoms with Crippen molar-refractivity contribution >= 4 is 5.97 Å². The van der Waals surface area contributed by atoms with Crippen LogP contribution in [0.15, 0.2) is 0 Å². The van der Waals surface area contributed by atoms with Gasteiger partial charge in [-0.05, 0) is 26.8 Å². The van der Waals surface area contributed by atoms with Crippen molar-refractivity contribution < 1.29 is 15.0 Å². The summed E-state index contributed by atoms with van der Waals surface area (Å²) >= 11 is 0. The van der Waals surface area contributed by atoms with Gasteiger partial charge in [-0.1, -0.05) is 5.21 Å². The molecular formula is C10H18N4O3. The first kappa shape index (κ1) is 13.6. The Labute approximate surface area is 99.2 Å². The number of hydrogen-bond donors (Lipinski definition) is 3. The lowest BCUT2D eigenvalue weighted by atomic mass is 10.1. The molecule has 0 aliphatic rings. The van der Waals surface area contributed by atoms with Crippen LogP contribution >= 0.6 is 0 Å². The molecule has 0 bridgehead atoms. The molecular weight excluding hydrogens is 224 g/mol. The molecule has 0 unspecified atom stereocenters. The maximum absolute atomic E-state index is 10.9. The molecule has 0 amide bonds. The highest BCUT2D eigenvalue weighted by molar-refractivity contribution is 5.86. The van der Waals surface area contributed by atoms with Crippen LogP contribution in [0.1, 0.15) is 36.5 Å². The largest absolute Gasteiger partial charge is 0.476 e. The first-order valence-corrected chi connectivity index (χ1v) is 5.43. The highest BCUT2D eigenvalue weighted by atomic mass is 16.4. The molecule has 96 valence electrons. The predicted molar refractivity (Wildman–Crippen MR) is 60.7 cm³/mol. The number of hydrogen-bond acceptors (Lipinski definition) is 5. The van der Waals surface area contributed by atoms with Gasteiger partial charge < -0.3 is 15.9 Å². The van der Waals surface area contributed by atoms with Gasteiger partial charge in [-0.15, -0.1) is 5.10 Å². The van der Waals surface area contributed by atoms with Crippen LogP contribution in [0.2, 0.25) is 0 Å². The Morgan fingerprint density at radius 1 is 1.53 bits per heavy atom. The van der Waals surface area contributed by atoms with Gasteiger partial charge in [0.05, 0.1) is 11.3 Å². The van der Waals surface area contributed by atoms with Crippen molar-refractivity contribution in [2.75, 3.05) is 6.54 Å². The molecule has 17 heavy (non-hydrogen) atoms. The second-order valence-electron chi connectivity index (χ2n) is 4.51. The van der Waals surface area contributed by atoms with Crippen molar-refractivity contribution in [3.05, 3.63) is 11.4 Å². The fourth-order valence-corrected chi connectivity index (χ4v) is 1.44. The fraction of sp³-hybridized carbons (Fsp3) is 0.700. The van der Waals surface area contributed by atoms with E-state index in [0.29, 0.717) is 31.6 Å². The summed E-state index contributed by atoms with van der Waals surface area (Å²) in [7, 11) is 0. The maximum atomic E-state index is 10.9. The van der Waals surface area contributed by atoms with Crippen LogP contribution in [0, 0.1) is 0 Å². The van der Waals surface area contributed by atoms with Gasteiger partial charge in [0.1, 0.15) is 0 Å². The molecule has 0 radical (unpaired) electrons. The number of nitrogens with zero attached hydrogens (tertiary/aromatic N) is 3. The third kappa shape index (κ3) is 3.79. The lowest BCUT2D eigenvalue weighted by molar-refractivity contribution is 0.0647. The van der Waals surface area contributed by atoms with Gasteiger partial charge >= 0.3 is 5.97 Å². The van der Waals surface area contributed by atoms with Crippen LogP contribution in [-0.2, 0) is 13.0 Å². The average molecular weight is 242 g/mol. The quantitative estimate of drug-likeness (QED) is 0.627. The van der Waals surface area contributed by atoms with Crippen LogP contribution in [0.3, 0.4) is 0 Å². The van der Waals surface area contributed by atoms with Gasteiger partial charge in [0, 0.05) is 13.0 Å². The molecule has 0 aliphatic heterocycles. The molecule has 1 heterocycles. The van der Waals surface area contributed by atoms with E-state index in [0.717, 1.165) is 0 Å². The van der Waals surface area contributed by atoms with Crippen LogP contribution in [0.25, 0.3) is 0 Å². The minimum absolute atomic E-state index is 0.0637. The van der Waals surface area contributed by atoms with Gasteiger partial charge in [0.2, 0.25) is 0 Å². The Morgan fingerprint density at radius 2 is 2.18 bits per heavy atom. The summed E-state index contributed by atoms with van der Waals surface area (Å²) in [6.07, 6.45) is 0.869. The highest BCUT2D eigenvalue weighted by Gasteiger charge is 2.20. The lowest BCUT2D eigenvalue weighted by Crippen LogP contribution is -2.23. The standard InChI is InChI=1S/C10H18N4O3/c1-10(2,17)4-6-14-7(3-5-11)8(9(15)16)12-13-14/h17H,3-6,11H2,1-2H3,(H,15,16). The SMILES string of the molecule is CC(C)(O)CCn1nnc(C(=O)O)c1CCN. The monoisotopic (exact) mass is 242 g/mol. The van der Waals surface area contributed by atoms with Crippen LogP contribution in [0.5, 0.6) is 0 Å². The van der Waals surface area contributed by atoms with E-state index in [1.54, 1.807) is 13.8 Å². The zero-order chi connectivity index (χ0) is 13.1. The van der Waals surface area contributed by atoms with Gasteiger partial charge in [-0.2, -0.15) is 0 Å². The van der Waals surface area contributed by atoms with Crippen molar-refractivity contribution in [2.24, 2.45) is 5.73 Å². The Bertz CT molecular complexity index is 395. The van der Waals surface area contributed by atoms with Gasteiger partial charge in [0.15, 0.2) is 5.69 Å². The number of carboxylic acids is 1. The Balaban J connectivity index is 2.88. The lowest BCUT2D eigenvalue weighted by Gasteiger charge is -2.17. The summed E-state index contributed by atoms with van der Waals surface area (Å²) in [5.74, 6) is -1.11. The Hall–Kier alpha value is -1.47. The Morgan fingerprint density at radius 3 is 2.65 bits per heavy atom. The molecule has 0 saturated heterocycles. The number of aromatic carboxylic acids is 1.